The number of nitrogens with zero attached hydrogens (tertiary/aromatic N) is 2. The van der Waals surface area contributed by atoms with Crippen LogP contribution < -0.4 is 0 Å². The maximum absolute atomic E-state index is 6.38. The number of benzene rings is 1. The molecule has 1 aromatic carbocycles. The zero-order chi connectivity index (χ0) is 14.3. The van der Waals surface area contributed by atoms with E-state index in [0.717, 1.165) is 17.9 Å². The number of thioether (sulfide) groups is 1. The molecule has 0 aliphatic heterocycles. The molecule has 1 aliphatic rings. The van der Waals surface area contributed by atoms with Crippen LogP contribution in [0.2, 0.25) is 0 Å². The van der Waals surface area contributed by atoms with Crippen LogP contribution >= 0.6 is 23.4 Å². The molecule has 1 unspecified atom stereocenters. The number of halogens is 1. The predicted octanol–water partition coefficient (Wildman–Crippen LogP) is 4.93. The number of hydrogen-bond donors (Lipinski definition) is 0. The fraction of sp³-hybridized carbons (Fsp3) is 0.562. The number of aromatic nitrogens is 2. The second kappa shape index (κ2) is 5.27. The molecule has 0 spiro atoms. The van der Waals surface area contributed by atoms with Gasteiger partial charge in [-0.3, -0.25) is 0 Å². The van der Waals surface area contributed by atoms with Crippen molar-refractivity contribution >= 4 is 34.4 Å². The number of hydrogen-bond acceptors (Lipinski definition) is 2. The van der Waals surface area contributed by atoms with Gasteiger partial charge in [0.25, 0.3) is 0 Å². The van der Waals surface area contributed by atoms with E-state index in [0.29, 0.717) is 4.75 Å². The molecular weight excluding hydrogens is 288 g/mol. The van der Waals surface area contributed by atoms with Crippen LogP contribution in [0.5, 0.6) is 0 Å². The number of rotatable bonds is 4. The second-order valence-electron chi connectivity index (χ2n) is 5.86. The molecule has 1 fully saturated rings. The summed E-state index contributed by atoms with van der Waals surface area (Å²) >= 11 is 8.38. The third-order valence-corrected chi connectivity index (χ3v) is 6.10. The number of fused-ring (bicyclic) bond motifs is 1. The third-order valence-electron chi connectivity index (χ3n) is 4.50. The summed E-state index contributed by atoms with van der Waals surface area (Å²) in [5.74, 6) is 1.01. The normalized spacial score (nSPS) is 19.0. The average Bonchev–Trinajstić information content (AvgIpc) is 2.74. The smallest absolute Gasteiger partial charge is 0.127 e. The molecule has 1 heterocycles. The van der Waals surface area contributed by atoms with Crippen LogP contribution in [0.25, 0.3) is 11.0 Å². The highest BCUT2D eigenvalue weighted by Gasteiger charge is 2.37. The van der Waals surface area contributed by atoms with Crippen molar-refractivity contribution in [2.24, 2.45) is 0 Å². The van der Waals surface area contributed by atoms with E-state index in [1.165, 1.54) is 30.3 Å². The Hall–Kier alpha value is -0.670. The maximum atomic E-state index is 6.38. The van der Waals surface area contributed by atoms with Gasteiger partial charge in [-0.15, -0.1) is 11.6 Å². The van der Waals surface area contributed by atoms with E-state index in [-0.39, 0.29) is 5.38 Å². The summed E-state index contributed by atoms with van der Waals surface area (Å²) < 4.78 is 2.76. The van der Waals surface area contributed by atoms with Crippen molar-refractivity contribution < 1.29 is 0 Å². The number of imidazole rings is 1. The molecule has 4 heteroatoms. The Morgan fingerprint density at radius 2 is 2.20 bits per heavy atom. The molecule has 1 aromatic heterocycles. The van der Waals surface area contributed by atoms with E-state index < -0.39 is 0 Å². The van der Waals surface area contributed by atoms with Crippen LogP contribution in [0.15, 0.2) is 18.2 Å². The van der Waals surface area contributed by atoms with Crippen molar-refractivity contribution in [3.63, 3.8) is 0 Å². The first-order valence-electron chi connectivity index (χ1n) is 7.21. The quantitative estimate of drug-likeness (QED) is 0.745. The number of para-hydroxylation sites is 1. The van der Waals surface area contributed by atoms with E-state index in [1.807, 2.05) is 18.7 Å². The van der Waals surface area contributed by atoms with Gasteiger partial charge in [-0.1, -0.05) is 18.6 Å². The molecule has 20 heavy (non-hydrogen) atoms. The van der Waals surface area contributed by atoms with Gasteiger partial charge in [0, 0.05) is 11.3 Å². The van der Waals surface area contributed by atoms with Crippen molar-refractivity contribution in [3.8, 4) is 0 Å². The molecule has 2 aromatic rings. The van der Waals surface area contributed by atoms with Crippen LogP contribution in [0.4, 0.5) is 0 Å². The lowest BCUT2D eigenvalue weighted by molar-refractivity contribution is 0.321. The molecule has 0 radical (unpaired) electrons. The standard InChI is InChI=1S/C16H21ClN2S/c1-11-6-4-7-13-14(11)19(15(18-13)12(2)17)10-16(20-3)8-5-9-16/h4,6-7,12H,5,8-10H2,1-3H3. The highest BCUT2D eigenvalue weighted by atomic mass is 35.5. The average molecular weight is 309 g/mol. The molecule has 1 aliphatic carbocycles. The summed E-state index contributed by atoms with van der Waals surface area (Å²) in [5, 5.41) is -0.0548. The maximum Gasteiger partial charge on any atom is 0.127 e. The van der Waals surface area contributed by atoms with Crippen molar-refractivity contribution in [3.05, 3.63) is 29.6 Å². The second-order valence-corrected chi connectivity index (χ2v) is 7.78. The van der Waals surface area contributed by atoms with Gasteiger partial charge in [0.15, 0.2) is 0 Å². The first kappa shape index (κ1) is 14.3. The van der Waals surface area contributed by atoms with Gasteiger partial charge in [-0.2, -0.15) is 11.8 Å². The first-order valence-corrected chi connectivity index (χ1v) is 8.87. The Morgan fingerprint density at radius 3 is 2.75 bits per heavy atom. The monoisotopic (exact) mass is 308 g/mol. The van der Waals surface area contributed by atoms with Gasteiger partial charge in [-0.05, 0) is 44.6 Å². The Balaban J connectivity index is 2.13. The molecule has 108 valence electrons. The van der Waals surface area contributed by atoms with E-state index in [1.54, 1.807) is 0 Å². The van der Waals surface area contributed by atoms with E-state index in [2.05, 4.69) is 35.9 Å². The molecule has 0 amide bonds. The first-order chi connectivity index (χ1) is 9.56. The zero-order valence-electron chi connectivity index (χ0n) is 12.3. The molecule has 1 saturated carbocycles. The van der Waals surface area contributed by atoms with Crippen molar-refractivity contribution in [1.29, 1.82) is 0 Å². The highest BCUT2D eigenvalue weighted by Crippen LogP contribution is 2.45. The summed E-state index contributed by atoms with van der Waals surface area (Å²) in [5.41, 5.74) is 3.62. The van der Waals surface area contributed by atoms with Gasteiger partial charge in [0.1, 0.15) is 5.82 Å². The Bertz CT molecular complexity index is 623. The fourth-order valence-electron chi connectivity index (χ4n) is 3.13. The zero-order valence-corrected chi connectivity index (χ0v) is 13.9. The van der Waals surface area contributed by atoms with Crippen LogP contribution in [0, 0.1) is 6.92 Å². The van der Waals surface area contributed by atoms with Crippen molar-refractivity contribution in [2.75, 3.05) is 6.26 Å². The third kappa shape index (κ3) is 2.25. The molecule has 2 nitrogen and oxygen atoms in total. The van der Waals surface area contributed by atoms with E-state index >= 15 is 0 Å². The van der Waals surface area contributed by atoms with Crippen LogP contribution in [-0.2, 0) is 6.54 Å². The topological polar surface area (TPSA) is 17.8 Å². The van der Waals surface area contributed by atoms with Gasteiger partial charge >= 0.3 is 0 Å². The van der Waals surface area contributed by atoms with E-state index in [9.17, 15) is 0 Å². The molecule has 1 atom stereocenters. The lowest BCUT2D eigenvalue weighted by Gasteiger charge is -2.41. The minimum absolute atomic E-state index is 0.0548. The minimum Gasteiger partial charge on any atom is -0.325 e. The summed E-state index contributed by atoms with van der Waals surface area (Å²) in [7, 11) is 0. The molecule has 3 rings (SSSR count). The Labute approximate surface area is 129 Å². The number of aryl methyl sites for hydroxylation is 1. The van der Waals surface area contributed by atoms with Crippen molar-refractivity contribution in [1.82, 2.24) is 9.55 Å². The van der Waals surface area contributed by atoms with Crippen LogP contribution in [0.1, 0.15) is 43.0 Å². The highest BCUT2D eigenvalue weighted by molar-refractivity contribution is 8.00. The fourth-order valence-corrected chi connectivity index (χ4v) is 4.25. The minimum atomic E-state index is -0.0548. The van der Waals surface area contributed by atoms with Crippen LogP contribution in [-0.4, -0.2) is 20.6 Å². The van der Waals surface area contributed by atoms with Crippen molar-refractivity contribution in [2.45, 2.75) is 49.8 Å². The van der Waals surface area contributed by atoms with Gasteiger partial charge in [0.05, 0.1) is 16.4 Å². The van der Waals surface area contributed by atoms with E-state index in [4.69, 9.17) is 16.6 Å². The lowest BCUT2D eigenvalue weighted by atomic mass is 9.84. The molecular formula is C16H21ClN2S. The Kier molecular flexibility index (Phi) is 3.76. The van der Waals surface area contributed by atoms with Gasteiger partial charge in [0.2, 0.25) is 0 Å². The summed E-state index contributed by atoms with van der Waals surface area (Å²) in [6, 6.07) is 6.33. The molecule has 0 N–H and O–H groups in total. The SMILES string of the molecule is CSC1(Cn2c(C(C)Cl)nc3cccc(C)c32)CCC1. The Morgan fingerprint density at radius 1 is 1.45 bits per heavy atom. The summed E-state index contributed by atoms with van der Waals surface area (Å²) in [6.07, 6.45) is 6.18. The lowest BCUT2D eigenvalue weighted by Crippen LogP contribution is -2.38. The van der Waals surface area contributed by atoms with Gasteiger partial charge < -0.3 is 4.57 Å². The van der Waals surface area contributed by atoms with Gasteiger partial charge in [-0.25, -0.2) is 4.98 Å². The summed E-state index contributed by atoms with van der Waals surface area (Å²) in [4.78, 5) is 4.77. The molecule has 0 saturated heterocycles. The predicted molar refractivity (Wildman–Crippen MR) is 88.8 cm³/mol. The number of alkyl halides is 1. The largest absolute Gasteiger partial charge is 0.325 e. The molecule has 0 bridgehead atoms. The van der Waals surface area contributed by atoms with Crippen LogP contribution in [0.3, 0.4) is 0 Å². The summed E-state index contributed by atoms with van der Waals surface area (Å²) in [6.45, 7) is 5.21.